The monoisotopic (exact) mass is 274 g/mol. The first-order valence-electron chi connectivity index (χ1n) is 5.73. The zero-order chi connectivity index (χ0) is 14.0. The van der Waals surface area contributed by atoms with Crippen LogP contribution in [0.5, 0.6) is 0 Å². The van der Waals surface area contributed by atoms with Gasteiger partial charge in [0.2, 0.25) is 0 Å². The van der Waals surface area contributed by atoms with E-state index in [-0.39, 0.29) is 23.8 Å². The highest BCUT2D eigenvalue weighted by Gasteiger charge is 2.35. The summed E-state index contributed by atoms with van der Waals surface area (Å²) in [6, 6.07) is 0.749. The molecule has 19 heavy (non-hydrogen) atoms. The third-order valence-electron chi connectivity index (χ3n) is 3.17. The molecular weight excluding hydrogens is 258 g/mol. The van der Waals surface area contributed by atoms with Gasteiger partial charge in [-0.15, -0.1) is 0 Å². The largest absolute Gasteiger partial charge is 0.377 e. The molecular formula is C11H16F2N4O2. The van der Waals surface area contributed by atoms with Crippen molar-refractivity contribution in [2.75, 3.05) is 37.6 Å². The number of rotatable bonds is 4. The van der Waals surface area contributed by atoms with Crippen molar-refractivity contribution < 1.29 is 18.3 Å². The van der Waals surface area contributed by atoms with Crippen LogP contribution in [0.25, 0.3) is 0 Å². The Bertz CT molecular complexity index is 449. The Labute approximate surface area is 109 Å². The van der Waals surface area contributed by atoms with Crippen LogP contribution in [0.2, 0.25) is 0 Å². The van der Waals surface area contributed by atoms with Gasteiger partial charge in [0.15, 0.2) is 23.3 Å². The molecule has 1 aliphatic heterocycles. The van der Waals surface area contributed by atoms with Gasteiger partial charge < -0.3 is 19.8 Å². The summed E-state index contributed by atoms with van der Waals surface area (Å²) in [5.74, 6) is 3.37. The molecule has 1 aromatic rings. The van der Waals surface area contributed by atoms with E-state index in [4.69, 9.17) is 15.3 Å². The number of ether oxygens (including phenoxy) is 2. The predicted molar refractivity (Wildman–Crippen MR) is 65.8 cm³/mol. The number of anilines is 2. The van der Waals surface area contributed by atoms with Crippen LogP contribution in [0.4, 0.5) is 20.4 Å². The van der Waals surface area contributed by atoms with Crippen molar-refractivity contribution in [1.82, 2.24) is 4.98 Å². The molecule has 0 aromatic carbocycles. The highest BCUT2D eigenvalue weighted by Crippen LogP contribution is 2.26. The second kappa shape index (κ2) is 5.64. The van der Waals surface area contributed by atoms with Crippen molar-refractivity contribution in [2.24, 2.45) is 5.84 Å². The van der Waals surface area contributed by atoms with Crippen molar-refractivity contribution in [3.63, 3.8) is 0 Å². The Kier molecular flexibility index (Phi) is 4.13. The van der Waals surface area contributed by atoms with Crippen LogP contribution in [0.1, 0.15) is 0 Å². The summed E-state index contributed by atoms with van der Waals surface area (Å²) < 4.78 is 37.6. The number of nitrogens with one attached hydrogen (secondary N) is 1. The third-order valence-corrected chi connectivity index (χ3v) is 3.17. The maximum absolute atomic E-state index is 13.8. The lowest BCUT2D eigenvalue weighted by atomic mass is 10.3. The van der Waals surface area contributed by atoms with Gasteiger partial charge in [-0.25, -0.2) is 19.6 Å². The van der Waals surface area contributed by atoms with E-state index in [1.165, 1.54) is 0 Å². The molecule has 2 atom stereocenters. The molecule has 1 fully saturated rings. The summed E-state index contributed by atoms with van der Waals surface area (Å²) in [6.45, 7) is 0.823. The first-order chi connectivity index (χ1) is 9.10. The number of hydrazine groups is 1. The molecule has 1 aromatic heterocycles. The lowest BCUT2D eigenvalue weighted by Crippen LogP contribution is -2.27. The minimum Gasteiger partial charge on any atom is -0.377 e. The third kappa shape index (κ3) is 2.60. The minimum atomic E-state index is -0.838. The van der Waals surface area contributed by atoms with Crippen molar-refractivity contribution >= 4 is 11.6 Å². The van der Waals surface area contributed by atoms with E-state index < -0.39 is 11.6 Å². The average molecular weight is 274 g/mol. The average Bonchev–Trinajstić information content (AvgIpc) is 2.82. The molecule has 1 aliphatic rings. The summed E-state index contributed by atoms with van der Waals surface area (Å²) in [5.41, 5.74) is 2.09. The minimum absolute atomic E-state index is 0.0240. The maximum Gasteiger partial charge on any atom is 0.178 e. The van der Waals surface area contributed by atoms with Gasteiger partial charge in [-0.1, -0.05) is 0 Å². The molecule has 0 aliphatic carbocycles. The Morgan fingerprint density at radius 3 is 2.32 bits per heavy atom. The smallest absolute Gasteiger partial charge is 0.178 e. The lowest BCUT2D eigenvalue weighted by molar-refractivity contribution is -0.00461. The quantitative estimate of drug-likeness (QED) is 0.615. The second-order valence-electron chi connectivity index (χ2n) is 4.22. The topological polar surface area (TPSA) is 72.6 Å². The zero-order valence-corrected chi connectivity index (χ0v) is 10.7. The van der Waals surface area contributed by atoms with Gasteiger partial charge in [-0.2, -0.15) is 0 Å². The Balaban J connectivity index is 2.28. The summed E-state index contributed by atoms with van der Waals surface area (Å²) >= 11 is 0. The molecule has 0 bridgehead atoms. The highest BCUT2D eigenvalue weighted by molar-refractivity contribution is 5.50. The highest BCUT2D eigenvalue weighted by atomic mass is 19.1. The van der Waals surface area contributed by atoms with Crippen LogP contribution in [0, 0.1) is 11.6 Å². The zero-order valence-electron chi connectivity index (χ0n) is 10.7. The number of halogens is 2. The van der Waals surface area contributed by atoms with E-state index in [2.05, 4.69) is 10.4 Å². The fourth-order valence-electron chi connectivity index (χ4n) is 2.15. The van der Waals surface area contributed by atoms with Crippen molar-refractivity contribution in [3.8, 4) is 0 Å². The summed E-state index contributed by atoms with van der Waals surface area (Å²) in [5, 5.41) is 0. The Hall–Kier alpha value is -1.51. The molecule has 0 saturated carbocycles. The number of nitrogens with two attached hydrogens (primary N) is 1. The Morgan fingerprint density at radius 1 is 1.26 bits per heavy atom. The molecule has 0 radical (unpaired) electrons. The van der Waals surface area contributed by atoms with Crippen molar-refractivity contribution in [2.45, 2.75) is 12.2 Å². The second-order valence-corrected chi connectivity index (χ2v) is 4.22. The number of pyridine rings is 1. The van der Waals surface area contributed by atoms with Crippen LogP contribution in [0.3, 0.4) is 0 Å². The molecule has 3 N–H and O–H groups in total. The van der Waals surface area contributed by atoms with E-state index in [1.807, 2.05) is 0 Å². The van der Waals surface area contributed by atoms with Gasteiger partial charge in [-0.05, 0) is 0 Å². The predicted octanol–water partition coefficient (Wildman–Crippen LogP) is 0.495. The van der Waals surface area contributed by atoms with E-state index in [0.717, 1.165) is 6.07 Å². The van der Waals surface area contributed by atoms with Crippen LogP contribution < -0.4 is 16.2 Å². The normalized spacial score (nSPS) is 22.9. The number of nitrogens with zero attached hydrogens (tertiary/aromatic N) is 2. The molecule has 6 nitrogen and oxygen atoms in total. The van der Waals surface area contributed by atoms with Gasteiger partial charge in [0.25, 0.3) is 0 Å². The molecule has 2 unspecified atom stereocenters. The number of hydrogen-bond acceptors (Lipinski definition) is 6. The standard InChI is InChI=1S/C11H16F2N4O2/c1-18-8-4-17(5-9(8)19-2)11-7(13)3-6(12)10(15-11)16-14/h3,8-9H,4-5,14H2,1-2H3,(H,15,16). The number of aromatic nitrogens is 1. The van der Waals surface area contributed by atoms with E-state index in [9.17, 15) is 8.78 Å². The lowest BCUT2D eigenvalue weighted by Gasteiger charge is -2.18. The Morgan fingerprint density at radius 2 is 1.84 bits per heavy atom. The fraction of sp³-hybridized carbons (Fsp3) is 0.545. The molecule has 0 amide bonds. The summed E-state index contributed by atoms with van der Waals surface area (Å²) in [6.07, 6.45) is -0.379. The number of methoxy groups -OCH3 is 2. The molecule has 0 spiro atoms. The first-order valence-corrected chi connectivity index (χ1v) is 5.73. The van der Waals surface area contributed by atoms with Gasteiger partial charge in [0.05, 0.1) is 0 Å². The van der Waals surface area contributed by atoms with E-state index >= 15 is 0 Å². The first kappa shape index (κ1) is 13.9. The summed E-state index contributed by atoms with van der Waals surface area (Å²) in [4.78, 5) is 5.48. The van der Waals surface area contributed by atoms with Gasteiger partial charge in [0, 0.05) is 33.4 Å². The van der Waals surface area contributed by atoms with Gasteiger partial charge in [0.1, 0.15) is 12.2 Å². The number of nitrogen functional groups attached to an aromatic ring is 1. The molecule has 1 saturated heterocycles. The maximum atomic E-state index is 13.8. The SMILES string of the molecule is COC1CN(c2nc(NN)c(F)cc2F)CC1OC. The van der Waals surface area contributed by atoms with Crippen LogP contribution >= 0.6 is 0 Å². The van der Waals surface area contributed by atoms with Crippen molar-refractivity contribution in [3.05, 3.63) is 17.7 Å². The molecule has 106 valence electrons. The summed E-state index contributed by atoms with van der Waals surface area (Å²) in [7, 11) is 3.11. The van der Waals surface area contributed by atoms with Crippen LogP contribution in [-0.2, 0) is 9.47 Å². The fourth-order valence-corrected chi connectivity index (χ4v) is 2.15. The van der Waals surface area contributed by atoms with E-state index in [0.29, 0.717) is 13.1 Å². The van der Waals surface area contributed by atoms with Crippen LogP contribution in [-0.4, -0.2) is 44.5 Å². The van der Waals surface area contributed by atoms with Crippen LogP contribution in [0.15, 0.2) is 6.07 Å². The molecule has 2 heterocycles. The van der Waals surface area contributed by atoms with Gasteiger partial charge >= 0.3 is 0 Å². The van der Waals surface area contributed by atoms with Gasteiger partial charge in [-0.3, -0.25) is 0 Å². The number of hydrogen-bond donors (Lipinski definition) is 2. The molecule has 2 rings (SSSR count). The van der Waals surface area contributed by atoms with E-state index in [1.54, 1.807) is 19.1 Å². The molecule has 8 heteroatoms. The van der Waals surface area contributed by atoms with Crippen molar-refractivity contribution in [1.29, 1.82) is 0 Å².